The summed E-state index contributed by atoms with van der Waals surface area (Å²) in [5, 5.41) is 19.3. The van der Waals surface area contributed by atoms with E-state index in [0.717, 1.165) is 40.9 Å². The van der Waals surface area contributed by atoms with Crippen molar-refractivity contribution in [1.29, 1.82) is 5.26 Å². The fraction of sp³-hybridized carbons (Fsp3) is 0.290. The third-order valence-corrected chi connectivity index (χ3v) is 7.09. The molecule has 11 heteroatoms. The molecule has 0 spiro atoms. The first-order valence-electron chi connectivity index (χ1n) is 13.8. The van der Waals surface area contributed by atoms with Crippen LogP contribution in [0.2, 0.25) is 0 Å². The quantitative estimate of drug-likeness (QED) is 0.305. The molecule has 1 fully saturated rings. The maximum Gasteiger partial charge on any atom is 0.410 e. The van der Waals surface area contributed by atoms with Gasteiger partial charge in [-0.05, 0) is 49.9 Å². The molecule has 0 radical (unpaired) electrons. The van der Waals surface area contributed by atoms with Crippen molar-refractivity contribution in [3.63, 3.8) is 0 Å². The van der Waals surface area contributed by atoms with E-state index in [-0.39, 0.29) is 24.6 Å². The number of rotatable bonds is 8. The van der Waals surface area contributed by atoms with Gasteiger partial charge in [0.1, 0.15) is 12.6 Å². The van der Waals surface area contributed by atoms with Gasteiger partial charge in [-0.3, -0.25) is 9.48 Å². The van der Waals surface area contributed by atoms with Gasteiger partial charge in [0.05, 0.1) is 29.7 Å². The Balaban J connectivity index is 1.17. The fourth-order valence-corrected chi connectivity index (χ4v) is 4.74. The molecule has 2 N–H and O–H groups in total. The van der Waals surface area contributed by atoms with Gasteiger partial charge in [-0.25, -0.2) is 14.8 Å². The number of aryl methyl sites for hydroxylation is 1. The molecule has 1 aliphatic heterocycles. The zero-order valence-electron chi connectivity index (χ0n) is 23.5. The Morgan fingerprint density at radius 3 is 2.55 bits per heavy atom. The number of benzene rings is 2. The summed E-state index contributed by atoms with van der Waals surface area (Å²) in [5.41, 5.74) is 4.66. The zero-order valence-corrected chi connectivity index (χ0v) is 23.5. The van der Waals surface area contributed by atoms with Gasteiger partial charge in [0.25, 0.3) is 5.91 Å². The van der Waals surface area contributed by atoms with Gasteiger partial charge in [0.2, 0.25) is 5.95 Å². The minimum absolute atomic E-state index is 0.167. The van der Waals surface area contributed by atoms with E-state index in [9.17, 15) is 9.59 Å². The normalized spacial score (nSPS) is 14.1. The Morgan fingerprint density at radius 1 is 1.10 bits per heavy atom. The number of carbonyl (C=O) groups is 2. The number of ether oxygens (including phenoxy) is 1. The van der Waals surface area contributed by atoms with E-state index in [1.54, 1.807) is 36.4 Å². The molecule has 214 valence electrons. The van der Waals surface area contributed by atoms with Crippen LogP contribution < -0.4 is 10.6 Å². The second-order valence-electron chi connectivity index (χ2n) is 10.2. The molecule has 0 bridgehead atoms. The molecule has 0 aliphatic carbocycles. The number of nitrogens with zero attached hydrogens (tertiary/aromatic N) is 6. The second kappa shape index (κ2) is 13.0. The van der Waals surface area contributed by atoms with Crippen molar-refractivity contribution in [3.8, 4) is 17.3 Å². The molecule has 2 amide bonds. The monoisotopic (exact) mass is 564 g/mol. The van der Waals surface area contributed by atoms with E-state index < -0.39 is 6.04 Å². The third-order valence-electron chi connectivity index (χ3n) is 7.09. The SMILES string of the molecule is Cc1cnc(Nc2cnn(C3CCN(C(=O)OCc4ccccc4)CC3)c2)nc1-c1ccc(C(=O)N[C@@H](C)C#N)cc1. The van der Waals surface area contributed by atoms with Crippen LogP contribution in [0.3, 0.4) is 0 Å². The van der Waals surface area contributed by atoms with Crippen LogP contribution in [-0.4, -0.2) is 55.8 Å². The van der Waals surface area contributed by atoms with Gasteiger partial charge in [-0.15, -0.1) is 0 Å². The van der Waals surface area contributed by atoms with Gasteiger partial charge < -0.3 is 20.3 Å². The zero-order chi connectivity index (χ0) is 29.5. The van der Waals surface area contributed by atoms with E-state index >= 15 is 0 Å². The van der Waals surface area contributed by atoms with Crippen molar-refractivity contribution in [2.24, 2.45) is 0 Å². The number of likely N-dealkylation sites (tertiary alicyclic amines) is 1. The molecule has 1 saturated heterocycles. The summed E-state index contributed by atoms with van der Waals surface area (Å²) in [5.74, 6) is 0.124. The van der Waals surface area contributed by atoms with E-state index in [2.05, 4.69) is 20.7 Å². The van der Waals surface area contributed by atoms with Crippen LogP contribution in [0.4, 0.5) is 16.4 Å². The smallest absolute Gasteiger partial charge is 0.410 e. The highest BCUT2D eigenvalue weighted by Gasteiger charge is 2.25. The topological polar surface area (TPSA) is 138 Å². The molecule has 3 heterocycles. The minimum atomic E-state index is -0.568. The van der Waals surface area contributed by atoms with E-state index in [1.807, 2.05) is 66.3 Å². The molecule has 1 atom stereocenters. The van der Waals surface area contributed by atoms with E-state index in [0.29, 0.717) is 24.6 Å². The van der Waals surface area contributed by atoms with Crippen LogP contribution in [0.25, 0.3) is 11.3 Å². The minimum Gasteiger partial charge on any atom is -0.445 e. The number of aromatic nitrogens is 4. The summed E-state index contributed by atoms with van der Waals surface area (Å²) in [7, 11) is 0. The lowest BCUT2D eigenvalue weighted by molar-refractivity contribution is 0.0821. The first-order valence-corrected chi connectivity index (χ1v) is 13.8. The number of nitriles is 1. The predicted octanol–water partition coefficient (Wildman–Crippen LogP) is 5.01. The average molecular weight is 565 g/mol. The molecular formula is C31H32N8O3. The number of anilines is 2. The Bertz CT molecular complexity index is 1570. The maximum absolute atomic E-state index is 12.5. The molecule has 0 unspecified atom stereocenters. The lowest BCUT2D eigenvalue weighted by Gasteiger charge is -2.31. The fourth-order valence-electron chi connectivity index (χ4n) is 4.74. The van der Waals surface area contributed by atoms with Crippen LogP contribution in [0, 0.1) is 18.3 Å². The predicted molar refractivity (Wildman–Crippen MR) is 157 cm³/mol. The van der Waals surface area contributed by atoms with Crippen LogP contribution >= 0.6 is 0 Å². The van der Waals surface area contributed by atoms with Gasteiger partial charge in [-0.1, -0.05) is 42.5 Å². The summed E-state index contributed by atoms with van der Waals surface area (Å²) in [6, 6.07) is 18.3. The summed E-state index contributed by atoms with van der Waals surface area (Å²) in [6.07, 6.45) is 6.66. The van der Waals surface area contributed by atoms with E-state index in [4.69, 9.17) is 15.0 Å². The number of hydrogen-bond donors (Lipinski definition) is 2. The van der Waals surface area contributed by atoms with Gasteiger partial charge in [-0.2, -0.15) is 10.4 Å². The Morgan fingerprint density at radius 2 is 1.83 bits per heavy atom. The number of nitrogens with one attached hydrogen (secondary N) is 2. The van der Waals surface area contributed by atoms with Gasteiger partial charge in [0, 0.05) is 36.6 Å². The standard InChI is InChI=1S/C31H32N8O3/c1-21-17-33-30(37-28(21)24-8-10-25(11-9-24)29(40)35-22(2)16-32)36-26-18-34-39(19-26)27-12-14-38(15-13-27)31(41)42-20-23-6-4-3-5-7-23/h3-11,17-19,22,27H,12-15,20H2,1-2H3,(H,35,40)(H,33,36,37)/t22-/m0/s1. The second-order valence-corrected chi connectivity index (χ2v) is 10.2. The molecule has 0 saturated carbocycles. The van der Waals surface area contributed by atoms with Crippen LogP contribution in [0.1, 0.15) is 47.3 Å². The first kappa shape index (κ1) is 28.3. The molecule has 42 heavy (non-hydrogen) atoms. The Hall–Kier alpha value is -5.24. The van der Waals surface area contributed by atoms with Crippen molar-refractivity contribution in [2.45, 2.75) is 45.4 Å². The number of piperidine rings is 1. The highest BCUT2D eigenvalue weighted by Crippen LogP contribution is 2.26. The van der Waals surface area contributed by atoms with Crippen molar-refractivity contribution < 1.29 is 14.3 Å². The van der Waals surface area contributed by atoms with Crippen LogP contribution in [0.5, 0.6) is 0 Å². The van der Waals surface area contributed by atoms with Crippen LogP contribution in [-0.2, 0) is 11.3 Å². The molecule has 1 aliphatic rings. The molecule has 5 rings (SSSR count). The van der Waals surface area contributed by atoms with Gasteiger partial charge >= 0.3 is 6.09 Å². The molecule has 2 aromatic heterocycles. The number of hydrogen-bond acceptors (Lipinski definition) is 8. The van der Waals surface area contributed by atoms with Crippen molar-refractivity contribution in [3.05, 3.63) is 89.9 Å². The van der Waals surface area contributed by atoms with E-state index in [1.165, 1.54) is 0 Å². The Kier molecular flexibility index (Phi) is 8.72. The number of amides is 2. The van der Waals surface area contributed by atoms with Crippen molar-refractivity contribution in [2.75, 3.05) is 18.4 Å². The maximum atomic E-state index is 12.5. The molecule has 2 aromatic carbocycles. The Labute approximate surface area is 244 Å². The first-order chi connectivity index (χ1) is 20.4. The third kappa shape index (κ3) is 6.90. The summed E-state index contributed by atoms with van der Waals surface area (Å²) < 4.78 is 7.39. The van der Waals surface area contributed by atoms with Gasteiger partial charge in [0.15, 0.2) is 0 Å². The highest BCUT2D eigenvalue weighted by atomic mass is 16.6. The lowest BCUT2D eigenvalue weighted by Crippen LogP contribution is -2.39. The van der Waals surface area contributed by atoms with Crippen molar-refractivity contribution >= 4 is 23.6 Å². The van der Waals surface area contributed by atoms with Crippen LogP contribution in [0.15, 0.2) is 73.2 Å². The largest absolute Gasteiger partial charge is 0.445 e. The lowest BCUT2D eigenvalue weighted by atomic mass is 10.1. The summed E-state index contributed by atoms with van der Waals surface area (Å²) in [4.78, 5) is 35.7. The molecule has 4 aromatic rings. The van der Waals surface area contributed by atoms with Crippen molar-refractivity contribution in [1.82, 2.24) is 30.0 Å². The number of carbonyl (C=O) groups excluding carboxylic acids is 2. The molecule has 11 nitrogen and oxygen atoms in total. The highest BCUT2D eigenvalue weighted by molar-refractivity contribution is 5.95. The average Bonchev–Trinajstić information content (AvgIpc) is 3.49. The summed E-state index contributed by atoms with van der Waals surface area (Å²) in [6.45, 7) is 5.02. The molecular weight excluding hydrogens is 532 g/mol. The summed E-state index contributed by atoms with van der Waals surface area (Å²) >= 11 is 0.